The summed E-state index contributed by atoms with van der Waals surface area (Å²) in [5.74, 6) is 0. The molecule has 1 fully saturated rings. The molecule has 0 spiro atoms. The normalized spacial score (nSPS) is 21.2. The summed E-state index contributed by atoms with van der Waals surface area (Å²) in [7, 11) is 0. The van der Waals surface area contributed by atoms with Crippen molar-refractivity contribution < 1.29 is 0 Å². The largest absolute Gasteiger partial charge is 0.371 e. The Labute approximate surface area is 96.7 Å². The topological polar surface area (TPSA) is 42.1 Å². The van der Waals surface area contributed by atoms with Crippen LogP contribution in [0.3, 0.4) is 0 Å². The number of rotatable bonds is 1. The lowest BCUT2D eigenvalue weighted by Gasteiger charge is -2.33. The molecule has 0 unspecified atom stereocenters. The van der Waals surface area contributed by atoms with Gasteiger partial charge in [0.2, 0.25) is 0 Å². The summed E-state index contributed by atoms with van der Waals surface area (Å²) in [5, 5.41) is 0. The molecule has 0 aromatic carbocycles. The lowest BCUT2D eigenvalue weighted by Crippen LogP contribution is -2.40. The van der Waals surface area contributed by atoms with E-state index in [2.05, 4.69) is 16.0 Å². The van der Waals surface area contributed by atoms with Gasteiger partial charge in [-0.3, -0.25) is 4.98 Å². The molecule has 2 N–H and O–H groups in total. The molecule has 3 rings (SSSR count). The van der Waals surface area contributed by atoms with Gasteiger partial charge in [0.25, 0.3) is 0 Å². The molecule has 1 aromatic heterocycles. The summed E-state index contributed by atoms with van der Waals surface area (Å²) < 4.78 is 0. The highest BCUT2D eigenvalue weighted by molar-refractivity contribution is 5.56. The maximum absolute atomic E-state index is 5.95. The van der Waals surface area contributed by atoms with E-state index in [9.17, 15) is 0 Å². The van der Waals surface area contributed by atoms with Crippen molar-refractivity contribution in [3.8, 4) is 0 Å². The summed E-state index contributed by atoms with van der Waals surface area (Å²) in [4.78, 5) is 6.97. The van der Waals surface area contributed by atoms with Crippen LogP contribution in [0, 0.1) is 0 Å². The third-order valence-corrected chi connectivity index (χ3v) is 3.84. The van der Waals surface area contributed by atoms with Crippen LogP contribution in [0.1, 0.15) is 30.5 Å². The quantitative estimate of drug-likeness (QED) is 0.775. The van der Waals surface area contributed by atoms with Gasteiger partial charge in [-0.15, -0.1) is 0 Å². The highest BCUT2D eigenvalue weighted by atomic mass is 15.1. The number of nitrogens with zero attached hydrogens (tertiary/aromatic N) is 2. The lowest BCUT2D eigenvalue weighted by molar-refractivity contribution is 0.500. The van der Waals surface area contributed by atoms with Crippen molar-refractivity contribution in [2.45, 2.75) is 38.1 Å². The van der Waals surface area contributed by atoms with E-state index in [4.69, 9.17) is 5.73 Å². The third-order valence-electron chi connectivity index (χ3n) is 3.84. The average molecular weight is 217 g/mol. The molecule has 0 atom stereocenters. The van der Waals surface area contributed by atoms with Crippen molar-refractivity contribution in [3.63, 3.8) is 0 Å². The molecular formula is C13H19N3. The number of piperidine rings is 1. The minimum Gasteiger partial charge on any atom is -0.371 e. The van der Waals surface area contributed by atoms with Crippen molar-refractivity contribution in [2.75, 3.05) is 18.0 Å². The van der Waals surface area contributed by atoms with Gasteiger partial charge in [0.15, 0.2) is 0 Å². The Morgan fingerprint density at radius 3 is 2.88 bits per heavy atom. The molecule has 0 amide bonds. The second kappa shape index (κ2) is 4.06. The first-order valence-electron chi connectivity index (χ1n) is 6.32. The van der Waals surface area contributed by atoms with Crippen molar-refractivity contribution in [1.82, 2.24) is 4.98 Å². The Hall–Kier alpha value is -1.09. The Morgan fingerprint density at radius 2 is 2.06 bits per heavy atom. The number of aromatic nitrogens is 1. The molecule has 16 heavy (non-hydrogen) atoms. The maximum Gasteiger partial charge on any atom is 0.0456 e. The van der Waals surface area contributed by atoms with E-state index in [1.54, 1.807) is 0 Å². The molecule has 2 heterocycles. The molecule has 0 radical (unpaired) electrons. The number of pyridine rings is 1. The smallest absolute Gasteiger partial charge is 0.0456 e. The average Bonchev–Trinajstić information content (AvgIpc) is 2.78. The van der Waals surface area contributed by atoms with E-state index in [1.807, 2.05) is 6.20 Å². The second-order valence-corrected chi connectivity index (χ2v) is 4.93. The molecular weight excluding hydrogens is 198 g/mol. The van der Waals surface area contributed by atoms with Crippen molar-refractivity contribution in [2.24, 2.45) is 5.73 Å². The van der Waals surface area contributed by atoms with Crippen LogP contribution >= 0.6 is 0 Å². The van der Waals surface area contributed by atoms with Crippen LogP contribution < -0.4 is 10.6 Å². The molecule has 0 saturated carbocycles. The Bertz CT molecular complexity index is 381. The van der Waals surface area contributed by atoms with Crippen molar-refractivity contribution in [1.29, 1.82) is 0 Å². The Kier molecular flexibility index (Phi) is 2.56. The molecule has 1 saturated heterocycles. The standard InChI is InChI=1S/C13H19N3/c14-10-5-8-16(9-6-10)13-4-7-15-12-3-1-2-11(12)13/h4,7,10H,1-3,5-6,8-9,14H2. The van der Waals surface area contributed by atoms with Gasteiger partial charge in [-0.1, -0.05) is 0 Å². The predicted molar refractivity (Wildman–Crippen MR) is 65.7 cm³/mol. The Morgan fingerprint density at radius 1 is 1.25 bits per heavy atom. The molecule has 1 aliphatic heterocycles. The van der Waals surface area contributed by atoms with Gasteiger partial charge >= 0.3 is 0 Å². The van der Waals surface area contributed by atoms with Crippen LogP contribution in [-0.4, -0.2) is 24.1 Å². The number of nitrogens with two attached hydrogens (primary N) is 1. The number of fused-ring (bicyclic) bond motifs is 1. The lowest BCUT2D eigenvalue weighted by atomic mass is 10.0. The fourth-order valence-electron chi connectivity index (χ4n) is 2.88. The van der Waals surface area contributed by atoms with E-state index in [-0.39, 0.29) is 0 Å². The molecule has 3 heteroatoms. The Balaban J connectivity index is 1.87. The second-order valence-electron chi connectivity index (χ2n) is 4.93. The zero-order valence-electron chi connectivity index (χ0n) is 9.65. The summed E-state index contributed by atoms with van der Waals surface area (Å²) in [6.45, 7) is 2.22. The SMILES string of the molecule is NC1CCN(c2ccnc3c2CCC3)CC1. The third kappa shape index (κ3) is 1.69. The summed E-state index contributed by atoms with van der Waals surface area (Å²) in [5.41, 5.74) is 10.2. The van der Waals surface area contributed by atoms with E-state index < -0.39 is 0 Å². The number of aryl methyl sites for hydroxylation is 1. The van der Waals surface area contributed by atoms with Crippen LogP contribution in [0.25, 0.3) is 0 Å². The first-order valence-corrected chi connectivity index (χ1v) is 6.32. The van der Waals surface area contributed by atoms with Crippen LogP contribution in [-0.2, 0) is 12.8 Å². The fraction of sp³-hybridized carbons (Fsp3) is 0.615. The van der Waals surface area contributed by atoms with Crippen molar-refractivity contribution >= 4 is 5.69 Å². The zero-order valence-corrected chi connectivity index (χ0v) is 9.65. The fourth-order valence-corrected chi connectivity index (χ4v) is 2.88. The molecule has 1 aromatic rings. The summed E-state index contributed by atoms with van der Waals surface area (Å²) in [6, 6.07) is 2.59. The van der Waals surface area contributed by atoms with E-state index in [1.165, 1.54) is 29.8 Å². The molecule has 3 nitrogen and oxygen atoms in total. The molecule has 1 aliphatic carbocycles. The summed E-state index contributed by atoms with van der Waals surface area (Å²) >= 11 is 0. The highest BCUT2D eigenvalue weighted by Crippen LogP contribution is 2.31. The van der Waals surface area contributed by atoms with Crippen LogP contribution in [0.15, 0.2) is 12.3 Å². The maximum atomic E-state index is 5.95. The predicted octanol–water partition coefficient (Wildman–Crippen LogP) is 1.50. The van der Waals surface area contributed by atoms with Crippen LogP contribution in [0.2, 0.25) is 0 Å². The first-order chi connectivity index (χ1) is 7.84. The molecule has 86 valence electrons. The van der Waals surface area contributed by atoms with Gasteiger partial charge in [0, 0.05) is 36.7 Å². The van der Waals surface area contributed by atoms with Gasteiger partial charge in [-0.2, -0.15) is 0 Å². The summed E-state index contributed by atoms with van der Waals surface area (Å²) in [6.07, 6.45) is 7.85. The first kappa shape index (κ1) is 10.1. The zero-order chi connectivity index (χ0) is 11.0. The van der Waals surface area contributed by atoms with Gasteiger partial charge in [0.1, 0.15) is 0 Å². The highest BCUT2D eigenvalue weighted by Gasteiger charge is 2.22. The number of hydrogen-bond acceptors (Lipinski definition) is 3. The van der Waals surface area contributed by atoms with Gasteiger partial charge in [-0.25, -0.2) is 0 Å². The van der Waals surface area contributed by atoms with Crippen LogP contribution in [0.5, 0.6) is 0 Å². The number of hydrogen-bond donors (Lipinski definition) is 1. The van der Waals surface area contributed by atoms with Crippen molar-refractivity contribution in [3.05, 3.63) is 23.5 Å². The van der Waals surface area contributed by atoms with Gasteiger partial charge in [0.05, 0.1) is 0 Å². The minimum absolute atomic E-state index is 0.408. The number of anilines is 1. The minimum atomic E-state index is 0.408. The van der Waals surface area contributed by atoms with E-state index in [0.29, 0.717) is 6.04 Å². The van der Waals surface area contributed by atoms with E-state index in [0.717, 1.165) is 32.4 Å². The van der Waals surface area contributed by atoms with E-state index >= 15 is 0 Å². The van der Waals surface area contributed by atoms with Gasteiger partial charge < -0.3 is 10.6 Å². The van der Waals surface area contributed by atoms with Gasteiger partial charge in [-0.05, 0) is 43.7 Å². The monoisotopic (exact) mass is 217 g/mol. The molecule has 0 bridgehead atoms. The molecule has 2 aliphatic rings. The van der Waals surface area contributed by atoms with Crippen LogP contribution in [0.4, 0.5) is 5.69 Å².